The van der Waals surface area contributed by atoms with Crippen LogP contribution in [0.15, 0.2) is 18.2 Å². The lowest BCUT2D eigenvalue weighted by molar-refractivity contribution is -0.155. The molecule has 1 aromatic carbocycles. The van der Waals surface area contributed by atoms with Gasteiger partial charge in [-0.1, -0.05) is 19.9 Å². The molecule has 2 saturated carbocycles. The summed E-state index contributed by atoms with van der Waals surface area (Å²) < 4.78 is 5.71. The first-order chi connectivity index (χ1) is 11.4. The second kappa shape index (κ2) is 5.50. The molecular weight excluding hydrogens is 300 g/mol. The number of hydrogen-bond acceptors (Lipinski definition) is 3. The summed E-state index contributed by atoms with van der Waals surface area (Å²) in [5, 5.41) is 9.83. The van der Waals surface area contributed by atoms with Gasteiger partial charge in [0.25, 0.3) is 0 Å². The molecule has 24 heavy (non-hydrogen) atoms. The summed E-state index contributed by atoms with van der Waals surface area (Å²) in [6.07, 6.45) is 5.62. The monoisotopic (exact) mass is 328 g/mol. The molecule has 3 aliphatic carbocycles. The maximum absolute atomic E-state index is 11.5. The number of phenols is 1. The SMILES string of the molecule is CC(=O)OC1CCC2C3C(C)Cc4cc(O)ccc4C3CCC12C. The molecule has 0 aliphatic heterocycles. The van der Waals surface area contributed by atoms with E-state index < -0.39 is 0 Å². The van der Waals surface area contributed by atoms with Crippen molar-refractivity contribution in [3.63, 3.8) is 0 Å². The molecule has 3 heteroatoms. The number of benzene rings is 1. The zero-order valence-electron chi connectivity index (χ0n) is 14.9. The van der Waals surface area contributed by atoms with Crippen LogP contribution in [0, 0.1) is 23.2 Å². The van der Waals surface area contributed by atoms with Gasteiger partial charge >= 0.3 is 5.97 Å². The Hall–Kier alpha value is -1.51. The molecule has 0 radical (unpaired) electrons. The Balaban J connectivity index is 1.68. The van der Waals surface area contributed by atoms with E-state index in [9.17, 15) is 9.90 Å². The van der Waals surface area contributed by atoms with Crippen LogP contribution in [0.5, 0.6) is 5.75 Å². The number of esters is 1. The van der Waals surface area contributed by atoms with Crippen LogP contribution in [0.4, 0.5) is 0 Å². The van der Waals surface area contributed by atoms with Crippen LogP contribution < -0.4 is 0 Å². The first-order valence-corrected chi connectivity index (χ1v) is 9.39. The summed E-state index contributed by atoms with van der Waals surface area (Å²) in [4.78, 5) is 11.5. The van der Waals surface area contributed by atoms with E-state index in [1.807, 2.05) is 12.1 Å². The first kappa shape index (κ1) is 16.0. The lowest BCUT2D eigenvalue weighted by Gasteiger charge is -2.52. The topological polar surface area (TPSA) is 46.5 Å². The molecular formula is C21H28O3. The Morgan fingerprint density at radius 1 is 1.29 bits per heavy atom. The summed E-state index contributed by atoms with van der Waals surface area (Å²) in [5.74, 6) is 2.76. The second-order valence-electron chi connectivity index (χ2n) is 8.57. The molecule has 0 spiro atoms. The Morgan fingerprint density at radius 2 is 2.08 bits per heavy atom. The molecule has 2 fully saturated rings. The molecule has 0 heterocycles. The van der Waals surface area contributed by atoms with Crippen molar-refractivity contribution in [2.24, 2.45) is 23.2 Å². The predicted octanol–water partition coefficient (Wildman–Crippen LogP) is 4.43. The van der Waals surface area contributed by atoms with Gasteiger partial charge in [0.2, 0.25) is 0 Å². The van der Waals surface area contributed by atoms with E-state index in [0.717, 1.165) is 25.7 Å². The molecule has 6 unspecified atom stereocenters. The zero-order valence-corrected chi connectivity index (χ0v) is 14.9. The van der Waals surface area contributed by atoms with Gasteiger partial charge < -0.3 is 9.84 Å². The highest BCUT2D eigenvalue weighted by Gasteiger charge is 2.57. The van der Waals surface area contributed by atoms with E-state index in [1.165, 1.54) is 24.5 Å². The highest BCUT2D eigenvalue weighted by Crippen LogP contribution is 2.62. The van der Waals surface area contributed by atoms with Crippen LogP contribution in [0.25, 0.3) is 0 Å². The van der Waals surface area contributed by atoms with Gasteiger partial charge in [-0.05, 0) is 79.0 Å². The van der Waals surface area contributed by atoms with Gasteiger partial charge in [-0.2, -0.15) is 0 Å². The van der Waals surface area contributed by atoms with Crippen molar-refractivity contribution in [1.29, 1.82) is 0 Å². The Labute approximate surface area is 144 Å². The first-order valence-electron chi connectivity index (χ1n) is 9.39. The lowest BCUT2D eigenvalue weighted by atomic mass is 9.53. The molecule has 0 aromatic heterocycles. The molecule has 3 aliphatic rings. The molecule has 130 valence electrons. The zero-order chi connectivity index (χ0) is 17.1. The van der Waals surface area contributed by atoms with Crippen molar-refractivity contribution in [1.82, 2.24) is 0 Å². The highest BCUT2D eigenvalue weighted by atomic mass is 16.5. The summed E-state index contributed by atoms with van der Waals surface area (Å²) in [7, 11) is 0. The highest BCUT2D eigenvalue weighted by molar-refractivity contribution is 5.66. The fourth-order valence-corrected chi connectivity index (χ4v) is 6.31. The third kappa shape index (κ3) is 2.28. The minimum atomic E-state index is -0.137. The molecule has 1 N–H and O–H groups in total. The normalized spacial score (nSPS) is 40.4. The molecule has 0 amide bonds. The number of hydrogen-bond donors (Lipinski definition) is 1. The average molecular weight is 328 g/mol. The van der Waals surface area contributed by atoms with Crippen molar-refractivity contribution in [2.45, 2.75) is 64.9 Å². The van der Waals surface area contributed by atoms with E-state index >= 15 is 0 Å². The van der Waals surface area contributed by atoms with E-state index in [2.05, 4.69) is 19.9 Å². The predicted molar refractivity (Wildman–Crippen MR) is 92.8 cm³/mol. The molecule has 1 aromatic rings. The van der Waals surface area contributed by atoms with Gasteiger partial charge in [0.15, 0.2) is 0 Å². The quantitative estimate of drug-likeness (QED) is 0.776. The molecule has 0 bridgehead atoms. The summed E-state index contributed by atoms with van der Waals surface area (Å²) in [5.41, 5.74) is 2.92. The van der Waals surface area contributed by atoms with Crippen LogP contribution in [0.2, 0.25) is 0 Å². The molecule has 0 saturated heterocycles. The Bertz CT molecular complexity index is 667. The van der Waals surface area contributed by atoms with Gasteiger partial charge in [-0.25, -0.2) is 0 Å². The van der Waals surface area contributed by atoms with Gasteiger partial charge in [0.1, 0.15) is 11.9 Å². The largest absolute Gasteiger partial charge is 0.508 e. The number of fused-ring (bicyclic) bond motifs is 5. The number of carbonyl (C=O) groups is 1. The third-order valence-electron chi connectivity index (χ3n) is 7.28. The molecule has 4 rings (SSSR count). The standard InChI is InChI=1S/C21H28O3/c1-12-10-14-11-15(23)4-5-16(14)17-8-9-21(3)18(20(12)17)6-7-19(21)24-13(2)22/h4-5,11-12,17-20,23H,6-10H2,1-3H3. The number of carbonyl (C=O) groups excluding carboxylic acids is 1. The fraction of sp³-hybridized carbons (Fsp3) is 0.667. The summed E-state index contributed by atoms with van der Waals surface area (Å²) in [6, 6.07) is 5.96. The number of rotatable bonds is 1. The lowest BCUT2D eigenvalue weighted by Crippen LogP contribution is -2.47. The third-order valence-corrected chi connectivity index (χ3v) is 7.28. The van der Waals surface area contributed by atoms with Crippen molar-refractivity contribution < 1.29 is 14.6 Å². The summed E-state index contributed by atoms with van der Waals surface area (Å²) in [6.45, 7) is 6.26. The number of aromatic hydroxyl groups is 1. The smallest absolute Gasteiger partial charge is 0.302 e. The van der Waals surface area contributed by atoms with E-state index in [4.69, 9.17) is 4.74 Å². The summed E-state index contributed by atoms with van der Waals surface area (Å²) >= 11 is 0. The minimum Gasteiger partial charge on any atom is -0.508 e. The van der Waals surface area contributed by atoms with Crippen molar-refractivity contribution in [3.8, 4) is 5.75 Å². The second-order valence-corrected chi connectivity index (χ2v) is 8.57. The van der Waals surface area contributed by atoms with Crippen molar-refractivity contribution in [2.75, 3.05) is 0 Å². The molecule has 6 atom stereocenters. The van der Waals surface area contributed by atoms with Crippen molar-refractivity contribution in [3.05, 3.63) is 29.3 Å². The number of ether oxygens (including phenoxy) is 1. The van der Waals surface area contributed by atoms with Gasteiger partial charge in [-0.15, -0.1) is 0 Å². The fourth-order valence-electron chi connectivity index (χ4n) is 6.31. The van der Waals surface area contributed by atoms with E-state index in [1.54, 1.807) is 0 Å². The van der Waals surface area contributed by atoms with Crippen LogP contribution >= 0.6 is 0 Å². The van der Waals surface area contributed by atoms with Crippen molar-refractivity contribution >= 4 is 5.97 Å². The molecule has 3 nitrogen and oxygen atoms in total. The Kier molecular flexibility index (Phi) is 3.67. The van der Waals surface area contributed by atoms with Gasteiger partial charge in [-0.3, -0.25) is 4.79 Å². The van der Waals surface area contributed by atoms with Crippen LogP contribution in [-0.2, 0) is 16.0 Å². The number of phenolic OH excluding ortho intramolecular Hbond substituents is 1. The van der Waals surface area contributed by atoms with E-state index in [-0.39, 0.29) is 17.5 Å². The van der Waals surface area contributed by atoms with Gasteiger partial charge in [0, 0.05) is 12.3 Å². The van der Waals surface area contributed by atoms with Crippen LogP contribution in [-0.4, -0.2) is 17.2 Å². The average Bonchev–Trinajstić information content (AvgIpc) is 2.83. The van der Waals surface area contributed by atoms with Crippen LogP contribution in [0.1, 0.15) is 63.5 Å². The maximum Gasteiger partial charge on any atom is 0.302 e. The van der Waals surface area contributed by atoms with Crippen LogP contribution in [0.3, 0.4) is 0 Å². The maximum atomic E-state index is 11.5. The minimum absolute atomic E-state index is 0.0920. The van der Waals surface area contributed by atoms with E-state index in [0.29, 0.717) is 29.4 Å². The Morgan fingerprint density at radius 3 is 2.83 bits per heavy atom. The van der Waals surface area contributed by atoms with Gasteiger partial charge in [0.05, 0.1) is 0 Å².